The first-order chi connectivity index (χ1) is 29.4. The topological polar surface area (TPSA) is 140 Å². The number of Topliss-reactive ketones (excluding diaryl/α,β-unsaturated/α-hetero) is 1. The number of benzene rings is 1. The summed E-state index contributed by atoms with van der Waals surface area (Å²) in [6.45, 7) is 14.5. The molecule has 0 spiro atoms. The number of aromatic nitrogens is 4. The lowest BCUT2D eigenvalue weighted by Gasteiger charge is -2.39. The number of ketones is 1. The van der Waals surface area contributed by atoms with Crippen LogP contribution in [-0.2, 0) is 17.8 Å². The monoisotopic (exact) mass is 834 g/mol. The molecule has 1 N–H and O–H groups in total. The predicted octanol–water partition coefficient (Wildman–Crippen LogP) is 4.37. The molecule has 9 rings (SSSR count). The minimum Gasteiger partial charge on any atom is -0.368 e. The number of hydrogen-bond donors (Lipinski definition) is 1. The molecule has 1 atom stereocenters. The summed E-state index contributed by atoms with van der Waals surface area (Å²) in [4.78, 5) is 76.3. The largest absolute Gasteiger partial charge is 0.368 e. The van der Waals surface area contributed by atoms with E-state index in [1.165, 1.54) is 11.8 Å². The van der Waals surface area contributed by atoms with Crippen LogP contribution >= 0.6 is 0 Å². The molecule has 2 amide bonds. The summed E-state index contributed by atoms with van der Waals surface area (Å²) >= 11 is 0. The zero-order valence-electron chi connectivity index (χ0n) is 34.9. The lowest BCUT2D eigenvalue weighted by atomic mass is 10.0. The van der Waals surface area contributed by atoms with E-state index in [-0.39, 0.29) is 52.2 Å². The lowest BCUT2D eigenvalue weighted by molar-refractivity contribution is -0.126. The van der Waals surface area contributed by atoms with Crippen LogP contribution in [0.1, 0.15) is 94.9 Å². The van der Waals surface area contributed by atoms with Gasteiger partial charge in [0.1, 0.15) is 29.0 Å². The zero-order valence-corrected chi connectivity index (χ0v) is 34.9. The Balaban J connectivity index is 0.762. The number of rotatable bonds is 10. The van der Waals surface area contributed by atoms with Crippen molar-refractivity contribution < 1.29 is 23.2 Å². The maximum Gasteiger partial charge on any atom is 0.263 e. The minimum absolute atomic E-state index is 0.00888. The second-order valence-corrected chi connectivity index (χ2v) is 17.2. The third-order valence-corrected chi connectivity index (χ3v) is 13.4. The summed E-state index contributed by atoms with van der Waals surface area (Å²) < 4.78 is 33.2. The zero-order chi connectivity index (χ0) is 42.5. The normalized spacial score (nSPS) is 20.6. The highest BCUT2D eigenvalue weighted by molar-refractivity contribution is 6.02. The maximum atomic E-state index is 16.0. The van der Waals surface area contributed by atoms with Crippen LogP contribution in [0, 0.1) is 18.6 Å². The summed E-state index contributed by atoms with van der Waals surface area (Å²) in [6, 6.07) is 4.52. The number of halogens is 2. The van der Waals surface area contributed by atoms with Gasteiger partial charge in [-0.1, -0.05) is 19.4 Å². The van der Waals surface area contributed by atoms with Crippen molar-refractivity contribution in [3.63, 3.8) is 0 Å². The first-order valence-electron chi connectivity index (χ1n) is 21.6. The van der Waals surface area contributed by atoms with Gasteiger partial charge in [0.05, 0.1) is 36.0 Å². The molecule has 0 radical (unpaired) electrons. The molecule has 0 bridgehead atoms. The average Bonchev–Trinajstić information content (AvgIpc) is 3.89. The number of piperazine rings is 2. The lowest BCUT2D eigenvalue weighted by Crippen LogP contribution is -2.51. The van der Waals surface area contributed by atoms with Gasteiger partial charge in [0.25, 0.3) is 11.5 Å². The van der Waals surface area contributed by atoms with Gasteiger partial charge in [-0.05, 0) is 63.3 Å². The quantitative estimate of drug-likeness (QED) is 0.228. The number of carbonyl (C=O) groups excluding carboxylic acids is 3. The van der Waals surface area contributed by atoms with Gasteiger partial charge in [-0.15, -0.1) is 0 Å². The van der Waals surface area contributed by atoms with Gasteiger partial charge in [-0.25, -0.2) is 18.7 Å². The van der Waals surface area contributed by atoms with Gasteiger partial charge in [0.2, 0.25) is 5.91 Å². The molecule has 16 heteroatoms. The number of carbonyl (C=O) groups is 3. The Morgan fingerprint density at radius 2 is 1.59 bits per heavy atom. The Bertz CT molecular complexity index is 2470. The van der Waals surface area contributed by atoms with Gasteiger partial charge >= 0.3 is 0 Å². The van der Waals surface area contributed by atoms with E-state index >= 15 is 8.78 Å². The minimum atomic E-state index is -0.754. The van der Waals surface area contributed by atoms with Gasteiger partial charge in [0.15, 0.2) is 11.6 Å². The number of pyridine rings is 2. The number of anilines is 2. The predicted molar refractivity (Wildman–Crippen MR) is 227 cm³/mol. The Labute approximate surface area is 353 Å². The van der Waals surface area contributed by atoms with Crippen LogP contribution in [0.4, 0.5) is 20.2 Å². The third-order valence-electron chi connectivity index (χ3n) is 13.4. The number of hydrogen-bond acceptors (Lipinski definition) is 11. The number of aryl methyl sites for hydroxylation is 1. The molecule has 3 aromatic heterocycles. The molecular weight excluding hydrogens is 783 g/mol. The van der Waals surface area contributed by atoms with E-state index in [0.717, 1.165) is 87.8 Å². The van der Waals surface area contributed by atoms with E-state index in [1.54, 1.807) is 22.6 Å². The summed E-state index contributed by atoms with van der Waals surface area (Å²) in [5.74, 6) is -1.99. The smallest absolute Gasteiger partial charge is 0.263 e. The van der Waals surface area contributed by atoms with Crippen molar-refractivity contribution in [2.45, 2.75) is 77.4 Å². The fourth-order valence-electron chi connectivity index (χ4n) is 9.94. The molecule has 1 aromatic carbocycles. The molecule has 320 valence electrons. The Morgan fingerprint density at radius 3 is 2.23 bits per heavy atom. The van der Waals surface area contributed by atoms with Crippen LogP contribution in [-0.4, -0.2) is 123 Å². The number of amides is 2. The molecule has 1 aliphatic carbocycles. The molecule has 1 unspecified atom stereocenters. The van der Waals surface area contributed by atoms with Gasteiger partial charge in [0, 0.05) is 100 Å². The van der Waals surface area contributed by atoms with Crippen molar-refractivity contribution in [1.82, 2.24) is 39.5 Å². The second-order valence-electron chi connectivity index (χ2n) is 17.2. The first kappa shape index (κ1) is 40.8. The number of allylic oxidation sites excluding steroid dienone is 1. The van der Waals surface area contributed by atoms with Crippen LogP contribution in [0.15, 0.2) is 47.7 Å². The molecular formula is C45H52F2N10O4. The van der Waals surface area contributed by atoms with E-state index in [0.29, 0.717) is 68.2 Å². The molecule has 5 aliphatic rings. The highest BCUT2D eigenvalue weighted by Gasteiger charge is 2.41. The fraction of sp³-hybridized carbons (Fsp3) is 0.489. The van der Waals surface area contributed by atoms with Crippen molar-refractivity contribution >= 4 is 40.0 Å². The SMILES string of the molecule is C=C1CCC(N2Cc3c(cc(F)c(N4CCN(CCN5CCN(c6ccc(Cc7ncc8c(C)c(C(C)=O)c(=O)n(C9CCCC9)c8n7)nc6)CC5)CC4)c3F)C2=O)C(=O)N1. The summed E-state index contributed by atoms with van der Waals surface area (Å²) in [5, 5.41) is 3.41. The highest BCUT2D eigenvalue weighted by Crippen LogP contribution is 2.37. The standard InChI is InChI=1S/C45H52F2N10O4/c1-27-8-11-37(43(59)50-27)56-26-35-33(44(56)60)23-36(46)41(40(35)47)55-20-16-53(17-21-55)13-12-52-14-18-54(19-15-52)32-10-9-30(48-24-32)22-38-49-25-34-28(2)39(29(3)58)45(61)57(42(34)51-38)31-6-4-5-7-31/h9-10,23-25,31,37H,1,4-8,11-22,26H2,2-3H3,(H,50,59). The van der Waals surface area contributed by atoms with E-state index in [4.69, 9.17) is 9.97 Å². The van der Waals surface area contributed by atoms with Crippen LogP contribution in [0.2, 0.25) is 0 Å². The van der Waals surface area contributed by atoms with Gasteiger partial charge in [-0.2, -0.15) is 0 Å². The van der Waals surface area contributed by atoms with E-state index in [1.807, 2.05) is 12.3 Å². The first-order valence-corrected chi connectivity index (χ1v) is 21.6. The van der Waals surface area contributed by atoms with E-state index in [2.05, 4.69) is 37.6 Å². The number of fused-ring (bicyclic) bond motifs is 2. The van der Waals surface area contributed by atoms with E-state index < -0.39 is 23.6 Å². The molecule has 3 saturated heterocycles. The Morgan fingerprint density at radius 1 is 0.902 bits per heavy atom. The Kier molecular flexibility index (Phi) is 11.2. The summed E-state index contributed by atoms with van der Waals surface area (Å²) in [5.41, 5.74) is 3.71. The van der Waals surface area contributed by atoms with Crippen LogP contribution in [0.5, 0.6) is 0 Å². The van der Waals surface area contributed by atoms with E-state index in [9.17, 15) is 19.2 Å². The number of nitrogens with zero attached hydrogens (tertiary/aromatic N) is 9. The van der Waals surface area contributed by atoms with Crippen molar-refractivity contribution in [3.05, 3.63) is 98.6 Å². The number of piperidine rings is 1. The average molecular weight is 835 g/mol. The summed E-state index contributed by atoms with van der Waals surface area (Å²) in [6.07, 6.45) is 8.86. The van der Waals surface area contributed by atoms with Gasteiger partial charge in [-0.3, -0.25) is 38.5 Å². The van der Waals surface area contributed by atoms with Crippen molar-refractivity contribution in [2.75, 3.05) is 75.2 Å². The molecule has 4 aromatic rings. The highest BCUT2D eigenvalue weighted by atomic mass is 19.1. The fourth-order valence-corrected chi connectivity index (χ4v) is 9.94. The maximum absolute atomic E-state index is 16.0. The molecule has 61 heavy (non-hydrogen) atoms. The molecule has 7 heterocycles. The van der Waals surface area contributed by atoms with Gasteiger partial charge < -0.3 is 20.0 Å². The van der Waals surface area contributed by atoms with Crippen LogP contribution in [0.25, 0.3) is 11.0 Å². The Hall–Kier alpha value is -5.61. The van der Waals surface area contributed by atoms with Crippen LogP contribution < -0.4 is 20.7 Å². The molecule has 14 nitrogen and oxygen atoms in total. The third kappa shape index (κ3) is 7.79. The van der Waals surface area contributed by atoms with Crippen molar-refractivity contribution in [3.8, 4) is 0 Å². The van der Waals surface area contributed by atoms with Crippen molar-refractivity contribution in [1.29, 1.82) is 0 Å². The summed E-state index contributed by atoms with van der Waals surface area (Å²) in [7, 11) is 0. The molecule has 4 fully saturated rings. The molecule has 4 aliphatic heterocycles. The molecule has 1 saturated carbocycles. The van der Waals surface area contributed by atoms with Crippen LogP contribution in [0.3, 0.4) is 0 Å². The second kappa shape index (κ2) is 16.7. The van der Waals surface area contributed by atoms with Crippen molar-refractivity contribution in [2.24, 2.45) is 0 Å². The number of nitrogens with one attached hydrogen (secondary N) is 1.